The molecule has 0 atom stereocenters. The van der Waals surface area contributed by atoms with Crippen LogP contribution in [0.15, 0.2) is 58.1 Å². The van der Waals surface area contributed by atoms with Crippen molar-refractivity contribution in [2.45, 2.75) is 4.90 Å². The van der Waals surface area contributed by atoms with E-state index in [2.05, 4.69) is 14.7 Å². The van der Waals surface area contributed by atoms with Crippen LogP contribution < -0.4 is 5.32 Å². The van der Waals surface area contributed by atoms with Crippen molar-refractivity contribution in [2.75, 3.05) is 5.32 Å². The lowest BCUT2D eigenvalue weighted by Gasteiger charge is -2.17. The van der Waals surface area contributed by atoms with E-state index in [1.165, 1.54) is 6.07 Å². The first kappa shape index (κ1) is 10.9. The molecule has 18 heavy (non-hydrogen) atoms. The summed E-state index contributed by atoms with van der Waals surface area (Å²) in [6.45, 7) is 0. The Morgan fingerprint density at radius 3 is 2.50 bits per heavy atom. The minimum Gasteiger partial charge on any atom is -0.338 e. The van der Waals surface area contributed by atoms with Crippen LogP contribution in [0, 0.1) is 0 Å². The van der Waals surface area contributed by atoms with Gasteiger partial charge in [-0.05, 0) is 24.3 Å². The van der Waals surface area contributed by atoms with Gasteiger partial charge < -0.3 is 5.32 Å². The second kappa shape index (κ2) is 3.92. The number of sulfonamides is 1. The van der Waals surface area contributed by atoms with Gasteiger partial charge in [-0.2, -0.15) is 8.42 Å². The molecule has 0 spiro atoms. The summed E-state index contributed by atoms with van der Waals surface area (Å²) in [5.41, 5.74) is 1.22. The Hall–Kier alpha value is -2.21. The highest BCUT2D eigenvalue weighted by Crippen LogP contribution is 2.27. The minimum absolute atomic E-state index is 0.197. The Bertz CT molecular complexity index is 724. The molecule has 1 aliphatic heterocycles. The molecular weight excluding hydrogens is 250 g/mol. The maximum atomic E-state index is 12.0. The van der Waals surface area contributed by atoms with Crippen LogP contribution >= 0.6 is 0 Å². The van der Waals surface area contributed by atoms with Gasteiger partial charge in [0.25, 0.3) is 10.0 Å². The van der Waals surface area contributed by atoms with Crippen molar-refractivity contribution in [1.29, 1.82) is 0 Å². The number of aromatic nitrogens is 1. The van der Waals surface area contributed by atoms with Crippen LogP contribution in [0.2, 0.25) is 0 Å². The predicted octanol–water partition coefficient (Wildman–Crippen LogP) is 1.64. The number of para-hydroxylation sites is 1. The van der Waals surface area contributed by atoms with Gasteiger partial charge in [-0.1, -0.05) is 12.1 Å². The molecule has 5 nitrogen and oxygen atoms in total. The number of anilines is 1. The van der Waals surface area contributed by atoms with E-state index < -0.39 is 10.0 Å². The van der Waals surface area contributed by atoms with Gasteiger partial charge in [-0.25, -0.2) is 0 Å². The van der Waals surface area contributed by atoms with E-state index in [9.17, 15) is 8.42 Å². The van der Waals surface area contributed by atoms with Gasteiger partial charge in [-0.15, -0.1) is 4.40 Å². The summed E-state index contributed by atoms with van der Waals surface area (Å²) in [7, 11) is -3.63. The fourth-order valence-corrected chi connectivity index (χ4v) is 2.89. The molecule has 0 radical (unpaired) electrons. The minimum atomic E-state index is -3.63. The Kier molecular flexibility index (Phi) is 2.38. The number of benzene rings is 1. The van der Waals surface area contributed by atoms with Crippen molar-refractivity contribution in [2.24, 2.45) is 4.40 Å². The second-order valence-electron chi connectivity index (χ2n) is 3.77. The van der Waals surface area contributed by atoms with E-state index >= 15 is 0 Å². The molecule has 0 unspecified atom stereocenters. The largest absolute Gasteiger partial charge is 0.338 e. The molecule has 6 heteroatoms. The summed E-state index contributed by atoms with van der Waals surface area (Å²) < 4.78 is 27.8. The number of fused-ring (bicyclic) bond motifs is 1. The normalized spacial score (nSPS) is 16.3. The smallest absolute Gasteiger partial charge is 0.286 e. The molecule has 0 fully saturated rings. The number of nitrogens with zero attached hydrogens (tertiary/aromatic N) is 2. The highest BCUT2D eigenvalue weighted by molar-refractivity contribution is 7.90. The number of amidine groups is 1. The van der Waals surface area contributed by atoms with Crippen molar-refractivity contribution < 1.29 is 8.42 Å². The van der Waals surface area contributed by atoms with Crippen molar-refractivity contribution in [3.8, 4) is 0 Å². The van der Waals surface area contributed by atoms with Gasteiger partial charge in [0.15, 0.2) is 5.84 Å². The summed E-state index contributed by atoms with van der Waals surface area (Å²) >= 11 is 0. The third-order valence-electron chi connectivity index (χ3n) is 2.58. The zero-order chi connectivity index (χ0) is 12.6. The van der Waals surface area contributed by atoms with Crippen LogP contribution in [0.4, 0.5) is 5.69 Å². The van der Waals surface area contributed by atoms with Gasteiger partial charge in [0, 0.05) is 18.0 Å². The van der Waals surface area contributed by atoms with E-state index in [1.54, 1.807) is 42.7 Å². The summed E-state index contributed by atoms with van der Waals surface area (Å²) in [4.78, 5) is 4.09. The van der Waals surface area contributed by atoms with E-state index in [1.807, 2.05) is 0 Å². The van der Waals surface area contributed by atoms with E-state index in [-0.39, 0.29) is 4.90 Å². The number of hydrogen-bond donors (Lipinski definition) is 1. The molecule has 2 heterocycles. The van der Waals surface area contributed by atoms with E-state index in [0.29, 0.717) is 17.1 Å². The lowest BCUT2D eigenvalue weighted by molar-refractivity contribution is 0.598. The second-order valence-corrected chi connectivity index (χ2v) is 5.34. The van der Waals surface area contributed by atoms with Gasteiger partial charge in [0.05, 0.1) is 5.69 Å². The van der Waals surface area contributed by atoms with Crippen LogP contribution in [-0.2, 0) is 10.0 Å². The zero-order valence-corrected chi connectivity index (χ0v) is 10.1. The van der Waals surface area contributed by atoms with E-state index in [0.717, 1.165) is 0 Å². The standard InChI is InChI=1S/C12H9N3O2S/c16-18(17)11-4-2-1-3-10(11)14-12(15-18)9-5-7-13-8-6-9/h1-8H,(H,14,15). The van der Waals surface area contributed by atoms with Crippen LogP contribution in [0.25, 0.3) is 0 Å². The third kappa shape index (κ3) is 1.76. The van der Waals surface area contributed by atoms with Crippen LogP contribution in [0.5, 0.6) is 0 Å². The topological polar surface area (TPSA) is 71.4 Å². The Morgan fingerprint density at radius 2 is 1.72 bits per heavy atom. The van der Waals surface area contributed by atoms with Crippen LogP contribution in [0.1, 0.15) is 5.56 Å². The highest BCUT2D eigenvalue weighted by Gasteiger charge is 2.24. The molecule has 0 saturated heterocycles. The highest BCUT2D eigenvalue weighted by atomic mass is 32.2. The number of nitrogens with one attached hydrogen (secondary N) is 1. The fraction of sp³-hybridized carbons (Fsp3) is 0. The monoisotopic (exact) mass is 259 g/mol. The van der Waals surface area contributed by atoms with Crippen molar-refractivity contribution in [1.82, 2.24) is 4.98 Å². The van der Waals surface area contributed by atoms with Gasteiger partial charge in [0.2, 0.25) is 0 Å². The Morgan fingerprint density at radius 1 is 1.00 bits per heavy atom. The van der Waals surface area contributed by atoms with Crippen molar-refractivity contribution in [3.63, 3.8) is 0 Å². The molecule has 0 amide bonds. The molecule has 3 rings (SSSR count). The molecular formula is C12H9N3O2S. The quantitative estimate of drug-likeness (QED) is 0.845. The average Bonchev–Trinajstić information content (AvgIpc) is 2.39. The number of rotatable bonds is 1. The lowest BCUT2D eigenvalue weighted by Crippen LogP contribution is -2.22. The van der Waals surface area contributed by atoms with Crippen LogP contribution in [0.3, 0.4) is 0 Å². The number of pyridine rings is 1. The van der Waals surface area contributed by atoms with Gasteiger partial charge >= 0.3 is 0 Å². The van der Waals surface area contributed by atoms with Gasteiger partial charge in [-0.3, -0.25) is 4.98 Å². The molecule has 0 bridgehead atoms. The summed E-state index contributed by atoms with van der Waals surface area (Å²) in [5.74, 6) is 0.316. The molecule has 1 aromatic carbocycles. The Labute approximate surface area is 104 Å². The maximum absolute atomic E-state index is 12.0. The van der Waals surface area contributed by atoms with Crippen molar-refractivity contribution in [3.05, 3.63) is 54.4 Å². The maximum Gasteiger partial charge on any atom is 0.286 e. The molecule has 0 saturated carbocycles. The summed E-state index contributed by atoms with van der Waals surface area (Å²) in [5, 5.41) is 3.01. The molecule has 0 aliphatic carbocycles. The van der Waals surface area contributed by atoms with E-state index in [4.69, 9.17) is 0 Å². The molecule has 1 aliphatic rings. The van der Waals surface area contributed by atoms with Crippen LogP contribution in [-0.4, -0.2) is 19.2 Å². The first-order valence-electron chi connectivity index (χ1n) is 5.28. The van der Waals surface area contributed by atoms with Crippen molar-refractivity contribution >= 4 is 21.5 Å². The average molecular weight is 259 g/mol. The Balaban J connectivity index is 2.16. The SMILES string of the molecule is O=S1(=O)N=C(c2ccncc2)Nc2ccccc21. The third-order valence-corrected chi connectivity index (χ3v) is 3.92. The summed E-state index contributed by atoms with van der Waals surface area (Å²) in [6.07, 6.45) is 3.18. The molecule has 1 N–H and O–H groups in total. The van der Waals surface area contributed by atoms with Gasteiger partial charge in [0.1, 0.15) is 4.90 Å². The lowest BCUT2D eigenvalue weighted by atomic mass is 10.2. The number of hydrogen-bond acceptors (Lipinski definition) is 4. The first-order valence-corrected chi connectivity index (χ1v) is 6.72. The molecule has 1 aromatic heterocycles. The molecule has 2 aromatic rings. The summed E-state index contributed by atoms with van der Waals surface area (Å²) in [6, 6.07) is 10.1. The first-order chi connectivity index (χ1) is 8.67. The predicted molar refractivity (Wildman–Crippen MR) is 68.0 cm³/mol. The molecule has 90 valence electrons. The zero-order valence-electron chi connectivity index (χ0n) is 9.24. The fourth-order valence-electron chi connectivity index (χ4n) is 1.75.